The van der Waals surface area contributed by atoms with E-state index >= 15 is 0 Å². The molecule has 1 unspecified atom stereocenters. The highest BCUT2D eigenvalue weighted by Crippen LogP contribution is 2.18. The summed E-state index contributed by atoms with van der Waals surface area (Å²) in [5, 5.41) is 10.8. The van der Waals surface area contributed by atoms with Gasteiger partial charge < -0.3 is 10.6 Å². The van der Waals surface area contributed by atoms with E-state index in [0.717, 1.165) is 31.7 Å². The summed E-state index contributed by atoms with van der Waals surface area (Å²) in [4.78, 5) is 12.3. The van der Waals surface area contributed by atoms with Crippen LogP contribution in [-0.2, 0) is 5.54 Å². The molecular formula is C16H28N4O. The lowest BCUT2D eigenvalue weighted by Gasteiger charge is -2.22. The first kappa shape index (κ1) is 16.0. The van der Waals surface area contributed by atoms with Crippen LogP contribution in [0.3, 0.4) is 0 Å². The molecule has 1 saturated heterocycles. The van der Waals surface area contributed by atoms with Crippen LogP contribution in [0.15, 0.2) is 6.20 Å². The third kappa shape index (κ3) is 4.06. The Balaban J connectivity index is 1.87. The van der Waals surface area contributed by atoms with Crippen molar-refractivity contribution in [1.29, 1.82) is 0 Å². The molecule has 21 heavy (non-hydrogen) atoms. The fourth-order valence-corrected chi connectivity index (χ4v) is 2.96. The number of nitrogens with one attached hydrogen (secondary N) is 2. The molecule has 0 spiro atoms. The minimum Gasteiger partial charge on any atom is -0.352 e. The van der Waals surface area contributed by atoms with Gasteiger partial charge in [-0.3, -0.25) is 9.48 Å². The highest BCUT2D eigenvalue weighted by atomic mass is 16.1. The molecule has 1 aliphatic rings. The van der Waals surface area contributed by atoms with E-state index in [1.165, 1.54) is 12.8 Å². The Hall–Kier alpha value is -1.36. The normalized spacial score (nSPS) is 19.5. The summed E-state index contributed by atoms with van der Waals surface area (Å²) in [6.45, 7) is 11.2. The van der Waals surface area contributed by atoms with Gasteiger partial charge in [0.25, 0.3) is 5.91 Å². The zero-order valence-electron chi connectivity index (χ0n) is 13.7. The summed E-state index contributed by atoms with van der Waals surface area (Å²) >= 11 is 0. The second-order valence-electron chi connectivity index (χ2n) is 6.98. The van der Waals surface area contributed by atoms with Gasteiger partial charge in [-0.05, 0) is 66.0 Å². The van der Waals surface area contributed by atoms with E-state index in [1.807, 2.05) is 11.6 Å². The molecule has 0 aromatic carbocycles. The van der Waals surface area contributed by atoms with Crippen LogP contribution in [0, 0.1) is 12.8 Å². The Morgan fingerprint density at radius 2 is 2.29 bits per heavy atom. The molecular weight excluding hydrogens is 264 g/mol. The Morgan fingerprint density at radius 3 is 2.86 bits per heavy atom. The van der Waals surface area contributed by atoms with E-state index in [1.54, 1.807) is 6.20 Å². The van der Waals surface area contributed by atoms with Crippen molar-refractivity contribution in [1.82, 2.24) is 20.4 Å². The summed E-state index contributed by atoms with van der Waals surface area (Å²) in [6.07, 6.45) is 5.24. The molecule has 0 radical (unpaired) electrons. The molecule has 1 aliphatic heterocycles. The van der Waals surface area contributed by atoms with E-state index in [2.05, 4.69) is 36.5 Å². The van der Waals surface area contributed by atoms with Crippen molar-refractivity contribution in [3.8, 4) is 0 Å². The van der Waals surface area contributed by atoms with Gasteiger partial charge in [0.2, 0.25) is 0 Å². The Labute approximate surface area is 127 Å². The van der Waals surface area contributed by atoms with Crippen LogP contribution in [0.4, 0.5) is 0 Å². The van der Waals surface area contributed by atoms with Gasteiger partial charge in [-0.2, -0.15) is 5.10 Å². The molecule has 1 fully saturated rings. The van der Waals surface area contributed by atoms with Crippen molar-refractivity contribution in [3.05, 3.63) is 17.5 Å². The maximum atomic E-state index is 12.3. The van der Waals surface area contributed by atoms with Gasteiger partial charge in [-0.1, -0.05) is 0 Å². The number of piperidine rings is 1. The number of hydrogen-bond acceptors (Lipinski definition) is 3. The van der Waals surface area contributed by atoms with Crippen LogP contribution in [0.5, 0.6) is 0 Å². The van der Waals surface area contributed by atoms with Gasteiger partial charge in [-0.15, -0.1) is 0 Å². The molecule has 0 bridgehead atoms. The van der Waals surface area contributed by atoms with E-state index in [-0.39, 0.29) is 11.4 Å². The maximum absolute atomic E-state index is 12.3. The van der Waals surface area contributed by atoms with Gasteiger partial charge in [-0.25, -0.2) is 0 Å². The lowest BCUT2D eigenvalue weighted by molar-refractivity contribution is 0.0949. The van der Waals surface area contributed by atoms with Gasteiger partial charge in [0.15, 0.2) is 0 Å². The Bertz CT molecular complexity index is 481. The van der Waals surface area contributed by atoms with Crippen LogP contribution in [-0.4, -0.2) is 35.3 Å². The summed E-state index contributed by atoms with van der Waals surface area (Å²) in [7, 11) is 0. The fourth-order valence-electron chi connectivity index (χ4n) is 2.96. The number of carbonyl (C=O) groups is 1. The maximum Gasteiger partial charge on any atom is 0.254 e. The van der Waals surface area contributed by atoms with Gasteiger partial charge in [0, 0.05) is 12.2 Å². The predicted octanol–water partition coefficient (Wildman–Crippen LogP) is 2.07. The number of rotatable bonds is 4. The number of carbonyl (C=O) groups excluding carboxylic acids is 1. The first-order valence-corrected chi connectivity index (χ1v) is 7.93. The fraction of sp³-hybridized carbons (Fsp3) is 0.750. The van der Waals surface area contributed by atoms with Gasteiger partial charge in [0.05, 0.1) is 17.3 Å². The minimum absolute atomic E-state index is 0.00762. The van der Waals surface area contributed by atoms with Crippen LogP contribution >= 0.6 is 0 Å². The topological polar surface area (TPSA) is 59.0 Å². The smallest absolute Gasteiger partial charge is 0.254 e. The van der Waals surface area contributed by atoms with E-state index in [0.29, 0.717) is 11.5 Å². The third-order valence-electron chi connectivity index (χ3n) is 4.13. The molecule has 0 saturated carbocycles. The molecule has 5 heteroatoms. The first-order valence-electron chi connectivity index (χ1n) is 7.93. The lowest BCUT2D eigenvalue weighted by Crippen LogP contribution is -2.33. The van der Waals surface area contributed by atoms with Crippen molar-refractivity contribution in [2.24, 2.45) is 5.92 Å². The van der Waals surface area contributed by atoms with Crippen LogP contribution < -0.4 is 10.6 Å². The summed E-state index contributed by atoms with van der Waals surface area (Å²) in [5.41, 5.74) is 1.52. The number of nitrogens with zero attached hydrogens (tertiary/aromatic N) is 2. The second kappa shape index (κ2) is 6.60. The second-order valence-corrected chi connectivity index (χ2v) is 6.98. The SMILES string of the molecule is Cc1c(C(=O)NCCC2CCCNC2)cnn1C(C)(C)C. The third-order valence-corrected chi connectivity index (χ3v) is 4.13. The van der Waals surface area contributed by atoms with Crippen molar-refractivity contribution in [3.63, 3.8) is 0 Å². The largest absolute Gasteiger partial charge is 0.352 e. The average Bonchev–Trinajstić information content (AvgIpc) is 2.81. The molecule has 2 N–H and O–H groups in total. The molecule has 5 nitrogen and oxygen atoms in total. The van der Waals surface area contributed by atoms with Crippen molar-refractivity contribution < 1.29 is 4.79 Å². The molecule has 118 valence electrons. The molecule has 2 heterocycles. The minimum atomic E-state index is -0.101. The molecule has 0 aliphatic carbocycles. The highest BCUT2D eigenvalue weighted by molar-refractivity contribution is 5.95. The average molecular weight is 292 g/mol. The quantitative estimate of drug-likeness (QED) is 0.893. The number of hydrogen-bond donors (Lipinski definition) is 2. The summed E-state index contributed by atoms with van der Waals surface area (Å²) < 4.78 is 1.91. The van der Waals surface area contributed by atoms with E-state index in [4.69, 9.17) is 0 Å². The molecule has 1 aromatic heterocycles. The predicted molar refractivity (Wildman–Crippen MR) is 84.5 cm³/mol. The Morgan fingerprint density at radius 1 is 1.52 bits per heavy atom. The molecule has 2 rings (SSSR count). The van der Waals surface area contributed by atoms with Crippen LogP contribution in [0.25, 0.3) is 0 Å². The van der Waals surface area contributed by atoms with Gasteiger partial charge >= 0.3 is 0 Å². The van der Waals surface area contributed by atoms with Crippen molar-refractivity contribution in [2.45, 2.75) is 52.5 Å². The zero-order chi connectivity index (χ0) is 15.5. The lowest BCUT2D eigenvalue weighted by atomic mass is 9.96. The number of aromatic nitrogens is 2. The molecule has 1 aromatic rings. The van der Waals surface area contributed by atoms with E-state index < -0.39 is 0 Å². The summed E-state index contributed by atoms with van der Waals surface area (Å²) in [5.74, 6) is 0.684. The Kier molecular flexibility index (Phi) is 5.04. The van der Waals surface area contributed by atoms with Crippen molar-refractivity contribution >= 4 is 5.91 Å². The first-order chi connectivity index (χ1) is 9.89. The standard InChI is InChI=1S/C16H28N4O/c1-12-14(11-19-20(12)16(2,3)4)15(21)18-9-7-13-6-5-8-17-10-13/h11,13,17H,5-10H2,1-4H3,(H,18,21). The summed E-state index contributed by atoms with van der Waals surface area (Å²) in [6, 6.07) is 0. The van der Waals surface area contributed by atoms with Crippen LogP contribution in [0.1, 0.15) is 56.1 Å². The van der Waals surface area contributed by atoms with Gasteiger partial charge in [0.1, 0.15) is 0 Å². The monoisotopic (exact) mass is 292 g/mol. The van der Waals surface area contributed by atoms with Crippen LogP contribution in [0.2, 0.25) is 0 Å². The molecule has 1 atom stereocenters. The zero-order valence-corrected chi connectivity index (χ0v) is 13.7. The van der Waals surface area contributed by atoms with E-state index in [9.17, 15) is 4.79 Å². The molecule has 1 amide bonds. The highest BCUT2D eigenvalue weighted by Gasteiger charge is 2.21. The van der Waals surface area contributed by atoms with Crippen molar-refractivity contribution in [2.75, 3.05) is 19.6 Å². The number of amides is 1.